The van der Waals surface area contributed by atoms with Crippen molar-refractivity contribution in [2.24, 2.45) is 7.05 Å². The van der Waals surface area contributed by atoms with Crippen molar-refractivity contribution < 1.29 is 4.79 Å². The Balaban J connectivity index is 1.87. The van der Waals surface area contributed by atoms with Crippen LogP contribution in [0.5, 0.6) is 0 Å². The van der Waals surface area contributed by atoms with Gasteiger partial charge in [0.1, 0.15) is 0 Å². The summed E-state index contributed by atoms with van der Waals surface area (Å²) in [6.07, 6.45) is 3.91. The van der Waals surface area contributed by atoms with E-state index in [-0.39, 0.29) is 5.91 Å². The van der Waals surface area contributed by atoms with Gasteiger partial charge in [0.05, 0.1) is 11.3 Å². The van der Waals surface area contributed by atoms with Gasteiger partial charge in [0.2, 0.25) is 0 Å². The highest BCUT2D eigenvalue weighted by atomic mass is 79.9. The number of carbonyl (C=O) groups is 1. The lowest BCUT2D eigenvalue weighted by atomic mass is 10.2. The molecule has 0 radical (unpaired) electrons. The Morgan fingerprint density at radius 3 is 2.84 bits per heavy atom. The van der Waals surface area contributed by atoms with Crippen LogP contribution in [-0.4, -0.2) is 27.2 Å². The molecule has 2 aromatic heterocycles. The molecule has 5 nitrogen and oxygen atoms in total. The van der Waals surface area contributed by atoms with Crippen molar-refractivity contribution >= 4 is 21.8 Å². The Morgan fingerprint density at radius 1 is 1.42 bits per heavy atom. The van der Waals surface area contributed by atoms with Crippen molar-refractivity contribution in [3.05, 3.63) is 46.0 Å². The number of nitrogens with zero attached hydrogens (tertiary/aromatic N) is 3. The molecule has 2 rings (SSSR count). The molecule has 0 fully saturated rings. The first-order valence-electron chi connectivity index (χ1n) is 5.94. The maximum atomic E-state index is 11.9. The Hall–Kier alpha value is -1.69. The zero-order valence-corrected chi connectivity index (χ0v) is 12.4. The number of pyridine rings is 1. The van der Waals surface area contributed by atoms with Crippen LogP contribution in [-0.2, 0) is 13.5 Å². The largest absolute Gasteiger partial charge is 0.352 e. The van der Waals surface area contributed by atoms with E-state index in [1.807, 2.05) is 24.7 Å². The number of nitrogens with one attached hydrogen (secondary N) is 1. The third-order valence-corrected chi connectivity index (χ3v) is 3.23. The number of amides is 1. The van der Waals surface area contributed by atoms with E-state index in [9.17, 15) is 4.79 Å². The number of carbonyl (C=O) groups excluding carboxylic acids is 1. The third-order valence-electron chi connectivity index (χ3n) is 2.80. The van der Waals surface area contributed by atoms with E-state index in [1.54, 1.807) is 18.5 Å². The topological polar surface area (TPSA) is 59.8 Å². The van der Waals surface area contributed by atoms with E-state index in [4.69, 9.17) is 0 Å². The lowest BCUT2D eigenvalue weighted by molar-refractivity contribution is 0.0953. The standard InChI is InChI=1S/C13H15BrN4O/c1-9-5-12(17-18(9)2)3-4-16-13(19)10-6-11(14)8-15-7-10/h5-8H,3-4H2,1-2H3,(H,16,19). The molecule has 1 N–H and O–H groups in total. The van der Waals surface area contributed by atoms with Crippen LogP contribution in [0.1, 0.15) is 21.7 Å². The van der Waals surface area contributed by atoms with Gasteiger partial charge in [-0.3, -0.25) is 14.5 Å². The Morgan fingerprint density at radius 2 is 2.21 bits per heavy atom. The number of halogens is 1. The number of aromatic nitrogens is 3. The van der Waals surface area contributed by atoms with E-state index < -0.39 is 0 Å². The second kappa shape index (κ2) is 5.97. The summed E-state index contributed by atoms with van der Waals surface area (Å²) < 4.78 is 2.62. The quantitative estimate of drug-likeness (QED) is 0.934. The van der Waals surface area contributed by atoms with Gasteiger partial charge in [0, 0.05) is 42.6 Å². The molecule has 0 saturated heterocycles. The summed E-state index contributed by atoms with van der Waals surface area (Å²) >= 11 is 3.29. The van der Waals surface area contributed by atoms with Gasteiger partial charge in [-0.15, -0.1) is 0 Å². The second-order valence-corrected chi connectivity index (χ2v) is 5.21. The Kier molecular flexibility index (Phi) is 4.31. The number of hydrogen-bond acceptors (Lipinski definition) is 3. The molecule has 0 saturated carbocycles. The monoisotopic (exact) mass is 322 g/mol. The van der Waals surface area contributed by atoms with Crippen LogP contribution >= 0.6 is 15.9 Å². The van der Waals surface area contributed by atoms with E-state index in [1.165, 1.54) is 0 Å². The van der Waals surface area contributed by atoms with E-state index in [0.717, 1.165) is 22.3 Å². The zero-order valence-electron chi connectivity index (χ0n) is 10.9. The van der Waals surface area contributed by atoms with Gasteiger partial charge in [-0.1, -0.05) is 0 Å². The SMILES string of the molecule is Cc1cc(CCNC(=O)c2cncc(Br)c2)nn1C. The normalized spacial score (nSPS) is 10.5. The van der Waals surface area contributed by atoms with Crippen LogP contribution in [0.2, 0.25) is 0 Å². The minimum atomic E-state index is -0.124. The molecule has 2 heterocycles. The van der Waals surface area contributed by atoms with Crippen molar-refractivity contribution in [2.45, 2.75) is 13.3 Å². The lowest BCUT2D eigenvalue weighted by Crippen LogP contribution is -2.25. The van der Waals surface area contributed by atoms with Crippen LogP contribution in [0, 0.1) is 6.92 Å². The van der Waals surface area contributed by atoms with Crippen LogP contribution in [0.4, 0.5) is 0 Å². The van der Waals surface area contributed by atoms with Crippen LogP contribution in [0.3, 0.4) is 0 Å². The van der Waals surface area contributed by atoms with E-state index in [2.05, 4.69) is 31.3 Å². The Labute approximate surface area is 120 Å². The smallest absolute Gasteiger partial charge is 0.252 e. The maximum Gasteiger partial charge on any atom is 0.252 e. The van der Waals surface area contributed by atoms with Crippen molar-refractivity contribution in [1.29, 1.82) is 0 Å². The average molecular weight is 323 g/mol. The van der Waals surface area contributed by atoms with Gasteiger partial charge < -0.3 is 5.32 Å². The average Bonchev–Trinajstić information content (AvgIpc) is 2.68. The molecule has 19 heavy (non-hydrogen) atoms. The van der Waals surface area contributed by atoms with Gasteiger partial charge in [-0.2, -0.15) is 5.10 Å². The molecule has 0 aromatic carbocycles. The molecule has 0 unspecified atom stereocenters. The molecule has 0 aliphatic carbocycles. The molecule has 0 bridgehead atoms. The zero-order chi connectivity index (χ0) is 13.8. The van der Waals surface area contributed by atoms with E-state index >= 15 is 0 Å². The van der Waals surface area contributed by atoms with Crippen molar-refractivity contribution in [2.75, 3.05) is 6.54 Å². The summed E-state index contributed by atoms with van der Waals surface area (Å²) in [7, 11) is 1.91. The molecule has 100 valence electrons. The predicted molar refractivity (Wildman–Crippen MR) is 75.9 cm³/mol. The van der Waals surface area contributed by atoms with Gasteiger partial charge in [0.25, 0.3) is 5.91 Å². The maximum absolute atomic E-state index is 11.9. The third kappa shape index (κ3) is 3.64. The molecule has 0 atom stereocenters. The molecule has 0 spiro atoms. The molecule has 6 heteroatoms. The molecule has 2 aromatic rings. The lowest BCUT2D eigenvalue weighted by Gasteiger charge is -2.03. The van der Waals surface area contributed by atoms with Gasteiger partial charge in [0.15, 0.2) is 0 Å². The van der Waals surface area contributed by atoms with Crippen LogP contribution < -0.4 is 5.32 Å². The first kappa shape index (κ1) is 13.7. The molecule has 0 aliphatic rings. The summed E-state index contributed by atoms with van der Waals surface area (Å²) in [5.41, 5.74) is 2.64. The molecule has 0 aliphatic heterocycles. The first-order chi connectivity index (χ1) is 9.06. The highest BCUT2D eigenvalue weighted by Gasteiger charge is 2.07. The van der Waals surface area contributed by atoms with Gasteiger partial charge in [-0.25, -0.2) is 0 Å². The van der Waals surface area contributed by atoms with Crippen molar-refractivity contribution in [3.8, 4) is 0 Å². The second-order valence-electron chi connectivity index (χ2n) is 4.30. The van der Waals surface area contributed by atoms with Crippen molar-refractivity contribution in [3.63, 3.8) is 0 Å². The summed E-state index contributed by atoms with van der Waals surface area (Å²) in [6.45, 7) is 2.56. The first-order valence-corrected chi connectivity index (χ1v) is 6.74. The van der Waals surface area contributed by atoms with Gasteiger partial charge in [-0.05, 0) is 35.0 Å². The highest BCUT2D eigenvalue weighted by Crippen LogP contribution is 2.09. The highest BCUT2D eigenvalue weighted by molar-refractivity contribution is 9.10. The fourth-order valence-electron chi connectivity index (χ4n) is 1.70. The molecular weight excluding hydrogens is 308 g/mol. The van der Waals surface area contributed by atoms with Crippen LogP contribution in [0.25, 0.3) is 0 Å². The summed E-state index contributed by atoms with van der Waals surface area (Å²) in [5.74, 6) is -0.124. The van der Waals surface area contributed by atoms with E-state index in [0.29, 0.717) is 12.1 Å². The Bertz CT molecular complexity index is 575. The summed E-state index contributed by atoms with van der Waals surface area (Å²) in [5, 5.41) is 7.19. The summed E-state index contributed by atoms with van der Waals surface area (Å²) in [6, 6.07) is 3.76. The van der Waals surface area contributed by atoms with Gasteiger partial charge >= 0.3 is 0 Å². The number of rotatable bonds is 4. The van der Waals surface area contributed by atoms with Crippen LogP contribution in [0.15, 0.2) is 29.0 Å². The number of hydrogen-bond donors (Lipinski definition) is 1. The fourth-order valence-corrected chi connectivity index (χ4v) is 2.06. The predicted octanol–water partition coefficient (Wildman–Crippen LogP) is 1.86. The summed E-state index contributed by atoms with van der Waals surface area (Å²) in [4.78, 5) is 15.8. The fraction of sp³-hybridized carbons (Fsp3) is 0.308. The molecule has 1 amide bonds. The number of aryl methyl sites for hydroxylation is 2. The molecular formula is C13H15BrN4O. The van der Waals surface area contributed by atoms with Crippen molar-refractivity contribution in [1.82, 2.24) is 20.1 Å². The minimum absolute atomic E-state index is 0.124. The minimum Gasteiger partial charge on any atom is -0.352 e.